The average molecular weight is 247 g/mol. The molecule has 0 atom stereocenters. The third kappa shape index (κ3) is 4.30. The Kier molecular flexibility index (Phi) is 4.90. The molecule has 0 spiro atoms. The number of aromatic nitrogens is 2. The summed E-state index contributed by atoms with van der Waals surface area (Å²) in [5.74, 6) is -0.174. The van der Waals surface area contributed by atoms with E-state index in [1.54, 1.807) is 6.20 Å². The van der Waals surface area contributed by atoms with Gasteiger partial charge in [0.25, 0.3) is 0 Å². The third-order valence-electron chi connectivity index (χ3n) is 2.83. The first-order valence-electron chi connectivity index (χ1n) is 6.25. The summed E-state index contributed by atoms with van der Waals surface area (Å²) in [6, 6.07) is 6.69. The molecule has 2 aromatic rings. The molecule has 0 saturated carbocycles. The molecule has 0 fully saturated rings. The molecule has 18 heavy (non-hydrogen) atoms. The third-order valence-corrected chi connectivity index (χ3v) is 2.83. The summed E-state index contributed by atoms with van der Waals surface area (Å²) in [6.45, 7) is 2.90. The molecule has 0 aliphatic carbocycles. The van der Waals surface area contributed by atoms with Gasteiger partial charge < -0.3 is 9.88 Å². The average Bonchev–Trinajstić information content (AvgIpc) is 2.89. The smallest absolute Gasteiger partial charge is 0.123 e. The van der Waals surface area contributed by atoms with Gasteiger partial charge in [-0.15, -0.1) is 0 Å². The van der Waals surface area contributed by atoms with Crippen molar-refractivity contribution in [1.82, 2.24) is 14.9 Å². The van der Waals surface area contributed by atoms with Crippen molar-refractivity contribution in [2.24, 2.45) is 0 Å². The van der Waals surface area contributed by atoms with Crippen molar-refractivity contribution < 1.29 is 4.39 Å². The molecule has 0 aliphatic rings. The number of rotatable bonds is 7. The molecule has 0 saturated heterocycles. The van der Waals surface area contributed by atoms with Gasteiger partial charge in [-0.05, 0) is 43.6 Å². The standard InChI is InChI=1S/C14H18FN3/c15-14-4-2-13(3-5-14)6-8-16-7-1-10-18-11-9-17-12-18/h2-5,9,11-12,16H,1,6-8,10H2. The Morgan fingerprint density at radius 2 is 2.00 bits per heavy atom. The Morgan fingerprint density at radius 3 is 2.72 bits per heavy atom. The highest BCUT2D eigenvalue weighted by atomic mass is 19.1. The minimum Gasteiger partial charge on any atom is -0.337 e. The second-order valence-electron chi connectivity index (χ2n) is 4.28. The predicted octanol–water partition coefficient (Wildman–Crippen LogP) is 2.24. The van der Waals surface area contributed by atoms with Gasteiger partial charge in [0.05, 0.1) is 6.33 Å². The largest absolute Gasteiger partial charge is 0.337 e. The van der Waals surface area contributed by atoms with Gasteiger partial charge in [-0.1, -0.05) is 12.1 Å². The molecule has 1 heterocycles. The first kappa shape index (κ1) is 12.8. The molecule has 4 heteroatoms. The van der Waals surface area contributed by atoms with Gasteiger partial charge in [0.15, 0.2) is 0 Å². The van der Waals surface area contributed by atoms with E-state index in [0.29, 0.717) is 0 Å². The van der Waals surface area contributed by atoms with Crippen molar-refractivity contribution in [2.75, 3.05) is 13.1 Å². The summed E-state index contributed by atoms with van der Waals surface area (Å²) >= 11 is 0. The van der Waals surface area contributed by atoms with Crippen molar-refractivity contribution in [1.29, 1.82) is 0 Å². The summed E-state index contributed by atoms with van der Waals surface area (Å²) in [6.07, 6.45) is 7.62. The predicted molar refractivity (Wildman–Crippen MR) is 69.8 cm³/mol. The zero-order chi connectivity index (χ0) is 12.6. The lowest BCUT2D eigenvalue weighted by molar-refractivity contribution is 0.581. The van der Waals surface area contributed by atoms with Gasteiger partial charge in [0, 0.05) is 18.9 Å². The SMILES string of the molecule is Fc1ccc(CCNCCCn2ccnc2)cc1. The van der Waals surface area contributed by atoms with Crippen LogP contribution in [0.3, 0.4) is 0 Å². The van der Waals surface area contributed by atoms with E-state index in [4.69, 9.17) is 0 Å². The second kappa shape index (κ2) is 6.91. The molecule has 1 N–H and O–H groups in total. The highest BCUT2D eigenvalue weighted by Crippen LogP contribution is 2.02. The van der Waals surface area contributed by atoms with Crippen LogP contribution in [-0.4, -0.2) is 22.6 Å². The van der Waals surface area contributed by atoms with Crippen LogP contribution in [0, 0.1) is 5.82 Å². The molecule has 0 unspecified atom stereocenters. The topological polar surface area (TPSA) is 29.9 Å². The van der Waals surface area contributed by atoms with E-state index < -0.39 is 0 Å². The molecular weight excluding hydrogens is 229 g/mol. The maximum Gasteiger partial charge on any atom is 0.123 e. The van der Waals surface area contributed by atoms with Gasteiger partial charge in [0.2, 0.25) is 0 Å². The van der Waals surface area contributed by atoms with Crippen LogP contribution in [0.15, 0.2) is 43.0 Å². The lowest BCUT2D eigenvalue weighted by Crippen LogP contribution is -2.19. The van der Waals surface area contributed by atoms with Crippen LogP contribution in [0.2, 0.25) is 0 Å². The number of imidazole rings is 1. The number of hydrogen-bond acceptors (Lipinski definition) is 2. The van der Waals surface area contributed by atoms with E-state index in [1.165, 1.54) is 17.7 Å². The zero-order valence-corrected chi connectivity index (χ0v) is 10.3. The molecule has 0 aliphatic heterocycles. The summed E-state index contributed by atoms with van der Waals surface area (Å²) in [4.78, 5) is 4.00. The summed E-state index contributed by atoms with van der Waals surface area (Å²) in [7, 11) is 0. The Labute approximate surface area is 107 Å². The normalized spacial score (nSPS) is 10.7. The van der Waals surface area contributed by atoms with Crippen LogP contribution < -0.4 is 5.32 Å². The Morgan fingerprint density at radius 1 is 1.17 bits per heavy atom. The molecular formula is C14H18FN3. The van der Waals surface area contributed by atoms with E-state index in [0.717, 1.165) is 32.5 Å². The fourth-order valence-corrected chi connectivity index (χ4v) is 1.81. The lowest BCUT2D eigenvalue weighted by Gasteiger charge is -2.05. The van der Waals surface area contributed by atoms with Gasteiger partial charge in [-0.2, -0.15) is 0 Å². The first-order chi connectivity index (χ1) is 8.84. The number of nitrogens with one attached hydrogen (secondary N) is 1. The van der Waals surface area contributed by atoms with Gasteiger partial charge in [0.1, 0.15) is 5.82 Å². The van der Waals surface area contributed by atoms with Crippen LogP contribution in [-0.2, 0) is 13.0 Å². The molecule has 96 valence electrons. The van der Waals surface area contributed by atoms with Crippen LogP contribution in [0.25, 0.3) is 0 Å². The summed E-state index contributed by atoms with van der Waals surface area (Å²) < 4.78 is 14.8. The van der Waals surface area contributed by atoms with E-state index in [2.05, 4.69) is 14.9 Å². The number of aryl methyl sites for hydroxylation is 1. The van der Waals surface area contributed by atoms with Crippen molar-refractivity contribution in [3.63, 3.8) is 0 Å². The van der Waals surface area contributed by atoms with Crippen molar-refractivity contribution in [3.05, 3.63) is 54.4 Å². The molecule has 0 radical (unpaired) electrons. The molecule has 1 aromatic carbocycles. The Hall–Kier alpha value is -1.68. The fraction of sp³-hybridized carbons (Fsp3) is 0.357. The van der Waals surface area contributed by atoms with Crippen molar-refractivity contribution in [3.8, 4) is 0 Å². The maximum atomic E-state index is 12.7. The van der Waals surface area contributed by atoms with Crippen molar-refractivity contribution in [2.45, 2.75) is 19.4 Å². The van der Waals surface area contributed by atoms with E-state index in [-0.39, 0.29) is 5.82 Å². The number of nitrogens with zero attached hydrogens (tertiary/aromatic N) is 2. The lowest BCUT2D eigenvalue weighted by atomic mass is 10.1. The molecule has 3 nitrogen and oxygen atoms in total. The monoisotopic (exact) mass is 247 g/mol. The molecule has 2 rings (SSSR count). The number of benzene rings is 1. The quantitative estimate of drug-likeness (QED) is 0.760. The first-order valence-corrected chi connectivity index (χ1v) is 6.25. The Bertz CT molecular complexity index is 437. The Balaban J connectivity index is 1.55. The summed E-state index contributed by atoms with van der Waals surface area (Å²) in [5, 5.41) is 3.38. The van der Waals surface area contributed by atoms with Gasteiger partial charge in [-0.3, -0.25) is 0 Å². The summed E-state index contributed by atoms with van der Waals surface area (Å²) in [5.41, 5.74) is 1.17. The van der Waals surface area contributed by atoms with Gasteiger partial charge in [-0.25, -0.2) is 9.37 Å². The van der Waals surface area contributed by atoms with E-state index in [9.17, 15) is 4.39 Å². The fourth-order valence-electron chi connectivity index (χ4n) is 1.81. The highest BCUT2D eigenvalue weighted by Gasteiger charge is 1.94. The molecule has 0 amide bonds. The van der Waals surface area contributed by atoms with E-state index in [1.807, 2.05) is 24.7 Å². The van der Waals surface area contributed by atoms with Crippen molar-refractivity contribution >= 4 is 0 Å². The van der Waals surface area contributed by atoms with Crippen LogP contribution in [0.4, 0.5) is 4.39 Å². The second-order valence-corrected chi connectivity index (χ2v) is 4.28. The highest BCUT2D eigenvalue weighted by molar-refractivity contribution is 5.16. The number of hydrogen-bond donors (Lipinski definition) is 1. The van der Waals surface area contributed by atoms with Crippen LogP contribution in [0.5, 0.6) is 0 Å². The minimum absolute atomic E-state index is 0.174. The zero-order valence-electron chi connectivity index (χ0n) is 10.3. The maximum absolute atomic E-state index is 12.7. The molecule has 0 bridgehead atoms. The minimum atomic E-state index is -0.174. The van der Waals surface area contributed by atoms with Crippen LogP contribution in [0.1, 0.15) is 12.0 Å². The van der Waals surface area contributed by atoms with Crippen LogP contribution >= 0.6 is 0 Å². The number of halogens is 1. The molecule has 1 aromatic heterocycles. The van der Waals surface area contributed by atoms with Gasteiger partial charge >= 0.3 is 0 Å². The van der Waals surface area contributed by atoms with E-state index >= 15 is 0 Å².